The zero-order valence-electron chi connectivity index (χ0n) is 19.1. The zero-order chi connectivity index (χ0) is 23.4. The number of para-hydroxylation sites is 1. The highest BCUT2D eigenvalue weighted by atomic mass is 19.1. The second kappa shape index (κ2) is 10.2. The third-order valence-corrected chi connectivity index (χ3v) is 6.28. The highest BCUT2D eigenvalue weighted by molar-refractivity contribution is 5.47. The molecule has 33 heavy (non-hydrogen) atoms. The van der Waals surface area contributed by atoms with Crippen LogP contribution in [0.15, 0.2) is 65.5 Å². The van der Waals surface area contributed by atoms with Crippen LogP contribution in [0, 0.1) is 12.7 Å². The predicted molar refractivity (Wildman–Crippen MR) is 127 cm³/mol. The summed E-state index contributed by atoms with van der Waals surface area (Å²) < 4.78 is 21.0. The lowest BCUT2D eigenvalue weighted by atomic mass is 9.95. The van der Waals surface area contributed by atoms with Gasteiger partial charge in [0.25, 0.3) is 5.56 Å². The number of rotatable bonds is 7. The Labute approximate surface area is 193 Å². The van der Waals surface area contributed by atoms with Crippen molar-refractivity contribution >= 4 is 5.69 Å². The molecular weight excluding hydrogens is 421 g/mol. The van der Waals surface area contributed by atoms with E-state index >= 15 is 0 Å². The summed E-state index contributed by atoms with van der Waals surface area (Å²) in [6, 6.07) is 17.6. The first-order chi connectivity index (χ1) is 16.0. The monoisotopic (exact) mass is 451 g/mol. The molecule has 6 nitrogen and oxygen atoms in total. The molecule has 0 saturated carbocycles. The van der Waals surface area contributed by atoms with Gasteiger partial charge in [0.1, 0.15) is 11.6 Å². The van der Waals surface area contributed by atoms with Gasteiger partial charge in [-0.3, -0.25) is 9.69 Å². The molecule has 0 spiro atoms. The van der Waals surface area contributed by atoms with Gasteiger partial charge in [0.15, 0.2) is 0 Å². The third kappa shape index (κ3) is 4.94. The average molecular weight is 452 g/mol. The van der Waals surface area contributed by atoms with E-state index in [4.69, 9.17) is 4.74 Å². The van der Waals surface area contributed by atoms with Gasteiger partial charge < -0.3 is 19.3 Å². The van der Waals surface area contributed by atoms with Gasteiger partial charge in [-0.15, -0.1) is 0 Å². The van der Waals surface area contributed by atoms with E-state index in [-0.39, 0.29) is 22.7 Å². The van der Waals surface area contributed by atoms with Crippen LogP contribution in [0.1, 0.15) is 22.9 Å². The number of ether oxygens (including phenoxy) is 1. The van der Waals surface area contributed by atoms with E-state index in [1.165, 1.54) is 12.1 Å². The van der Waals surface area contributed by atoms with E-state index in [1.54, 1.807) is 30.7 Å². The number of piperazine rings is 1. The number of aromatic nitrogens is 1. The fourth-order valence-electron chi connectivity index (χ4n) is 4.60. The van der Waals surface area contributed by atoms with Crippen LogP contribution in [0.3, 0.4) is 0 Å². The highest BCUT2D eigenvalue weighted by Crippen LogP contribution is 2.34. The summed E-state index contributed by atoms with van der Waals surface area (Å²) in [7, 11) is 1.59. The van der Waals surface area contributed by atoms with E-state index < -0.39 is 6.04 Å². The van der Waals surface area contributed by atoms with Crippen molar-refractivity contribution in [1.82, 2.24) is 9.47 Å². The molecule has 1 aliphatic rings. The number of hydrogen-bond donors (Lipinski definition) is 1. The second-order valence-corrected chi connectivity index (χ2v) is 8.35. The van der Waals surface area contributed by atoms with Gasteiger partial charge in [0.05, 0.1) is 18.2 Å². The van der Waals surface area contributed by atoms with Crippen LogP contribution in [0.5, 0.6) is 5.75 Å². The minimum Gasteiger partial charge on any atom is -0.507 e. The van der Waals surface area contributed by atoms with Gasteiger partial charge in [-0.05, 0) is 42.8 Å². The summed E-state index contributed by atoms with van der Waals surface area (Å²) in [5.74, 6) is -0.433. The highest BCUT2D eigenvalue weighted by Gasteiger charge is 2.31. The van der Waals surface area contributed by atoms with E-state index in [2.05, 4.69) is 21.9 Å². The predicted octanol–water partition coefficient (Wildman–Crippen LogP) is 3.56. The summed E-state index contributed by atoms with van der Waals surface area (Å²) in [6.45, 7) is 5.41. The number of halogens is 1. The summed E-state index contributed by atoms with van der Waals surface area (Å²) in [6.07, 6.45) is 0. The van der Waals surface area contributed by atoms with Gasteiger partial charge in [-0.2, -0.15) is 0 Å². The molecule has 0 bridgehead atoms. The third-order valence-electron chi connectivity index (χ3n) is 6.28. The molecule has 1 aromatic heterocycles. The molecular formula is C26H30FN3O3. The van der Waals surface area contributed by atoms with Gasteiger partial charge in [0, 0.05) is 51.2 Å². The summed E-state index contributed by atoms with van der Waals surface area (Å²) >= 11 is 0. The van der Waals surface area contributed by atoms with Gasteiger partial charge >= 0.3 is 0 Å². The number of benzene rings is 2. The molecule has 4 rings (SSSR count). The van der Waals surface area contributed by atoms with E-state index in [1.807, 2.05) is 24.3 Å². The number of nitrogens with zero attached hydrogens (tertiary/aromatic N) is 3. The molecule has 1 saturated heterocycles. The minimum atomic E-state index is -0.555. The Kier molecular flexibility index (Phi) is 7.11. The first-order valence-electron chi connectivity index (χ1n) is 11.2. The van der Waals surface area contributed by atoms with Crippen LogP contribution >= 0.6 is 0 Å². The largest absolute Gasteiger partial charge is 0.507 e. The first kappa shape index (κ1) is 23.0. The van der Waals surface area contributed by atoms with Gasteiger partial charge in [0.2, 0.25) is 0 Å². The number of methoxy groups -OCH3 is 1. The Morgan fingerprint density at radius 3 is 2.42 bits per heavy atom. The van der Waals surface area contributed by atoms with Crippen molar-refractivity contribution in [3.05, 3.63) is 93.7 Å². The molecule has 1 N–H and O–H groups in total. The Bertz CT molecular complexity index is 1140. The Hall–Kier alpha value is -3.16. The number of hydrogen-bond acceptors (Lipinski definition) is 5. The molecule has 174 valence electrons. The van der Waals surface area contributed by atoms with Crippen molar-refractivity contribution in [2.45, 2.75) is 19.5 Å². The lowest BCUT2D eigenvalue weighted by Crippen LogP contribution is -2.49. The van der Waals surface area contributed by atoms with Crippen molar-refractivity contribution in [1.29, 1.82) is 0 Å². The van der Waals surface area contributed by atoms with E-state index in [0.717, 1.165) is 18.8 Å². The van der Waals surface area contributed by atoms with Gasteiger partial charge in [-0.1, -0.05) is 30.3 Å². The molecule has 0 aliphatic carbocycles. The topological polar surface area (TPSA) is 57.9 Å². The molecule has 2 aromatic carbocycles. The van der Waals surface area contributed by atoms with Crippen LogP contribution in [0.4, 0.5) is 10.1 Å². The number of anilines is 1. The smallest absolute Gasteiger partial charge is 0.259 e. The fraction of sp³-hybridized carbons (Fsp3) is 0.346. The van der Waals surface area contributed by atoms with Crippen LogP contribution in [0.25, 0.3) is 0 Å². The minimum absolute atomic E-state index is 0.0640. The second-order valence-electron chi connectivity index (χ2n) is 8.35. The molecule has 2 heterocycles. The standard InChI is InChI=1S/C26H30FN3O3/c1-19-17-23(31)24(26(32)30(19)15-16-33-2)25(20-7-6-8-21(27)18-20)29-13-11-28(12-14-29)22-9-4-3-5-10-22/h3-10,17-18,25,31H,11-16H2,1-2H3/t25-/m1/s1. The molecule has 1 aliphatic heterocycles. The summed E-state index contributed by atoms with van der Waals surface area (Å²) in [5, 5.41) is 10.9. The lowest BCUT2D eigenvalue weighted by Gasteiger charge is -2.40. The normalized spacial score (nSPS) is 15.5. The summed E-state index contributed by atoms with van der Waals surface area (Å²) in [4.78, 5) is 18.0. The zero-order valence-corrected chi connectivity index (χ0v) is 19.1. The van der Waals surface area contributed by atoms with Crippen molar-refractivity contribution in [2.75, 3.05) is 44.8 Å². The van der Waals surface area contributed by atoms with Crippen molar-refractivity contribution in [3.8, 4) is 5.75 Å². The molecule has 0 amide bonds. The molecule has 0 radical (unpaired) electrons. The fourth-order valence-corrected chi connectivity index (χ4v) is 4.60. The van der Waals surface area contributed by atoms with Crippen LogP contribution in [0.2, 0.25) is 0 Å². The molecule has 3 aromatic rings. The maximum atomic E-state index is 14.2. The van der Waals surface area contributed by atoms with Crippen molar-refractivity contribution in [3.63, 3.8) is 0 Å². The SMILES string of the molecule is COCCn1c(C)cc(O)c([C@@H](c2cccc(F)c2)N2CCN(c3ccccc3)CC2)c1=O. The Morgan fingerprint density at radius 2 is 1.76 bits per heavy atom. The average Bonchev–Trinajstić information content (AvgIpc) is 2.82. The number of aryl methyl sites for hydroxylation is 1. The molecule has 1 atom stereocenters. The Morgan fingerprint density at radius 1 is 1.03 bits per heavy atom. The van der Waals surface area contributed by atoms with Crippen molar-refractivity contribution in [2.24, 2.45) is 0 Å². The van der Waals surface area contributed by atoms with E-state index in [9.17, 15) is 14.3 Å². The molecule has 7 heteroatoms. The molecule has 1 fully saturated rings. The maximum Gasteiger partial charge on any atom is 0.259 e. The first-order valence-corrected chi connectivity index (χ1v) is 11.2. The van der Waals surface area contributed by atoms with E-state index in [0.29, 0.717) is 37.5 Å². The molecule has 0 unspecified atom stereocenters. The van der Waals surface area contributed by atoms with Crippen LogP contribution in [-0.2, 0) is 11.3 Å². The maximum absolute atomic E-state index is 14.2. The summed E-state index contributed by atoms with van der Waals surface area (Å²) in [5.41, 5.74) is 2.46. The number of pyridine rings is 1. The number of aromatic hydroxyl groups is 1. The van der Waals surface area contributed by atoms with Crippen LogP contribution in [-0.4, -0.2) is 54.5 Å². The van der Waals surface area contributed by atoms with Crippen molar-refractivity contribution < 1.29 is 14.2 Å². The Balaban J connectivity index is 1.73. The lowest BCUT2D eigenvalue weighted by molar-refractivity contribution is 0.183. The van der Waals surface area contributed by atoms with Crippen LogP contribution < -0.4 is 10.5 Å². The van der Waals surface area contributed by atoms with Gasteiger partial charge in [-0.25, -0.2) is 4.39 Å². The quantitative estimate of drug-likeness (QED) is 0.595.